The third-order valence-electron chi connectivity index (χ3n) is 11.2. The van der Waals surface area contributed by atoms with E-state index in [1.165, 1.54) is 42.4 Å². The van der Waals surface area contributed by atoms with Gasteiger partial charge >= 0.3 is 0 Å². The molecule has 178 valence electrons. The first-order valence-corrected chi connectivity index (χ1v) is 13.2. The minimum absolute atomic E-state index is 0.00726. The molecule has 4 aliphatic carbocycles. The molecule has 0 aromatic rings. The Morgan fingerprint density at radius 3 is 2.38 bits per heavy atom. The molecule has 4 rings (SSSR count). The zero-order chi connectivity index (χ0) is 23.7. The SMILES string of the molecule is CC(C)=CCC[C@@H](C)[C@H]1CC[C@@]2(C)C3=C(CC[C@]12C)[C@@]1(C)CCC(=O)C(C)(C)[C@@H]1CC3=O. The van der Waals surface area contributed by atoms with E-state index in [0.717, 1.165) is 19.3 Å². The van der Waals surface area contributed by atoms with Crippen LogP contribution in [0.5, 0.6) is 0 Å². The van der Waals surface area contributed by atoms with Gasteiger partial charge in [0, 0.05) is 29.2 Å². The molecule has 2 heteroatoms. The lowest BCUT2D eigenvalue weighted by Crippen LogP contribution is -2.56. The van der Waals surface area contributed by atoms with Crippen LogP contribution in [0.4, 0.5) is 0 Å². The third kappa shape index (κ3) is 3.17. The fourth-order valence-corrected chi connectivity index (χ4v) is 8.96. The summed E-state index contributed by atoms with van der Waals surface area (Å²) in [7, 11) is 0. The molecular weight excluding hydrogens is 392 g/mol. The number of carbonyl (C=O) groups is 2. The molecule has 2 fully saturated rings. The van der Waals surface area contributed by atoms with E-state index in [9.17, 15) is 9.59 Å². The van der Waals surface area contributed by atoms with Gasteiger partial charge in [-0.15, -0.1) is 0 Å². The zero-order valence-corrected chi connectivity index (χ0v) is 22.0. The van der Waals surface area contributed by atoms with Crippen molar-refractivity contribution in [2.24, 2.45) is 39.4 Å². The molecular formula is C30H46O2. The molecule has 0 saturated heterocycles. The quantitative estimate of drug-likeness (QED) is 0.418. The van der Waals surface area contributed by atoms with E-state index < -0.39 is 0 Å². The van der Waals surface area contributed by atoms with Gasteiger partial charge in [0.15, 0.2) is 5.78 Å². The lowest BCUT2D eigenvalue weighted by molar-refractivity contribution is -0.142. The van der Waals surface area contributed by atoms with E-state index >= 15 is 0 Å². The van der Waals surface area contributed by atoms with Crippen LogP contribution in [0.2, 0.25) is 0 Å². The van der Waals surface area contributed by atoms with Crippen LogP contribution in [-0.4, -0.2) is 11.6 Å². The maximum Gasteiger partial charge on any atom is 0.159 e. The van der Waals surface area contributed by atoms with Crippen LogP contribution in [-0.2, 0) is 9.59 Å². The van der Waals surface area contributed by atoms with Crippen molar-refractivity contribution >= 4 is 11.6 Å². The average molecular weight is 439 g/mol. The van der Waals surface area contributed by atoms with Crippen molar-refractivity contribution < 1.29 is 9.59 Å². The van der Waals surface area contributed by atoms with Gasteiger partial charge in [-0.1, -0.05) is 58.8 Å². The van der Waals surface area contributed by atoms with Crippen molar-refractivity contribution in [1.82, 2.24) is 0 Å². The highest BCUT2D eigenvalue weighted by molar-refractivity contribution is 6.00. The second kappa shape index (κ2) is 7.67. The Bertz CT molecular complexity index is 885. The second-order valence-electron chi connectivity index (χ2n) is 13.3. The molecule has 0 aromatic heterocycles. The van der Waals surface area contributed by atoms with Crippen LogP contribution in [0.1, 0.15) is 113 Å². The monoisotopic (exact) mass is 438 g/mol. The number of rotatable bonds is 4. The first kappa shape index (κ1) is 24.0. The standard InChI is InChI=1S/C30H46O2/c1-19(2)10-9-11-20(3)21-12-17-30(8)26-22(13-16-29(21,30)7)28(6)15-14-25(32)27(4,5)24(28)18-23(26)31/h10,20-21,24H,9,11-18H2,1-8H3/t20-,21-,24+,28-,29-,30+/m1/s1. The maximum absolute atomic E-state index is 13.9. The molecule has 0 amide bonds. The number of carbonyl (C=O) groups excluding carboxylic acids is 2. The van der Waals surface area contributed by atoms with Crippen LogP contribution in [0, 0.1) is 39.4 Å². The first-order chi connectivity index (χ1) is 14.8. The van der Waals surface area contributed by atoms with E-state index in [-0.39, 0.29) is 27.6 Å². The molecule has 2 saturated carbocycles. The molecule has 0 unspecified atom stereocenters. The predicted molar refractivity (Wildman–Crippen MR) is 132 cm³/mol. The summed E-state index contributed by atoms with van der Waals surface area (Å²) < 4.78 is 0. The zero-order valence-electron chi connectivity index (χ0n) is 22.0. The van der Waals surface area contributed by atoms with E-state index in [2.05, 4.69) is 61.5 Å². The molecule has 32 heavy (non-hydrogen) atoms. The lowest BCUT2D eigenvalue weighted by atomic mass is 9.43. The highest BCUT2D eigenvalue weighted by atomic mass is 16.1. The summed E-state index contributed by atoms with van der Waals surface area (Å²) in [6.07, 6.45) is 11.6. The molecule has 2 nitrogen and oxygen atoms in total. The Kier molecular flexibility index (Phi) is 5.74. The summed E-state index contributed by atoms with van der Waals surface area (Å²) in [6, 6.07) is 0. The van der Waals surface area contributed by atoms with Gasteiger partial charge in [0.05, 0.1) is 0 Å². The predicted octanol–water partition coefficient (Wildman–Crippen LogP) is 7.87. The fourth-order valence-electron chi connectivity index (χ4n) is 8.96. The van der Waals surface area contributed by atoms with Crippen molar-refractivity contribution in [2.45, 2.75) is 113 Å². The van der Waals surface area contributed by atoms with Crippen molar-refractivity contribution in [3.63, 3.8) is 0 Å². The highest BCUT2D eigenvalue weighted by Gasteiger charge is 2.65. The summed E-state index contributed by atoms with van der Waals surface area (Å²) in [5.41, 5.74) is 3.91. The number of Topliss-reactive ketones (excluding diaryl/α,β-unsaturated/α-hetero) is 2. The Hall–Kier alpha value is -1.18. The number of fused-ring (bicyclic) bond motifs is 4. The van der Waals surface area contributed by atoms with E-state index in [4.69, 9.17) is 0 Å². The number of hydrogen-bond donors (Lipinski definition) is 0. The second-order valence-corrected chi connectivity index (χ2v) is 13.3. The molecule has 0 aromatic carbocycles. The number of ketones is 2. The molecule has 0 spiro atoms. The molecule has 6 atom stereocenters. The van der Waals surface area contributed by atoms with Gasteiger partial charge in [0.2, 0.25) is 0 Å². The van der Waals surface area contributed by atoms with Gasteiger partial charge in [-0.3, -0.25) is 9.59 Å². The molecule has 0 N–H and O–H groups in total. The van der Waals surface area contributed by atoms with Crippen molar-refractivity contribution in [3.8, 4) is 0 Å². The van der Waals surface area contributed by atoms with E-state index in [0.29, 0.717) is 36.2 Å². The normalized spacial score (nSPS) is 41.6. The summed E-state index contributed by atoms with van der Waals surface area (Å²) >= 11 is 0. The minimum Gasteiger partial charge on any atom is -0.299 e. The van der Waals surface area contributed by atoms with Crippen LogP contribution in [0.3, 0.4) is 0 Å². The summed E-state index contributed by atoms with van der Waals surface area (Å²) in [5, 5.41) is 0. The third-order valence-corrected chi connectivity index (χ3v) is 11.2. The molecule has 4 aliphatic rings. The van der Waals surface area contributed by atoms with Crippen LogP contribution >= 0.6 is 0 Å². The Morgan fingerprint density at radius 2 is 1.72 bits per heavy atom. The van der Waals surface area contributed by atoms with Gasteiger partial charge in [-0.05, 0) is 87.4 Å². The minimum atomic E-state index is -0.388. The van der Waals surface area contributed by atoms with Crippen LogP contribution < -0.4 is 0 Å². The van der Waals surface area contributed by atoms with Gasteiger partial charge in [0.25, 0.3) is 0 Å². The van der Waals surface area contributed by atoms with Crippen LogP contribution in [0.15, 0.2) is 22.8 Å². The molecule has 0 aliphatic heterocycles. The average Bonchev–Trinajstić information content (AvgIpc) is 2.98. The van der Waals surface area contributed by atoms with E-state index in [1.807, 2.05) is 0 Å². The molecule has 0 bridgehead atoms. The fraction of sp³-hybridized carbons (Fsp3) is 0.800. The molecule has 0 radical (unpaired) electrons. The maximum atomic E-state index is 13.9. The smallest absolute Gasteiger partial charge is 0.159 e. The van der Waals surface area contributed by atoms with E-state index in [1.54, 1.807) is 0 Å². The Balaban J connectivity index is 1.71. The van der Waals surface area contributed by atoms with Crippen molar-refractivity contribution in [3.05, 3.63) is 22.8 Å². The lowest BCUT2D eigenvalue weighted by Gasteiger charge is -2.60. The Labute approximate surface area is 196 Å². The summed E-state index contributed by atoms with van der Waals surface area (Å²) in [4.78, 5) is 26.6. The summed E-state index contributed by atoms with van der Waals surface area (Å²) in [5.74, 6) is 2.27. The molecule has 0 heterocycles. The largest absolute Gasteiger partial charge is 0.299 e. The van der Waals surface area contributed by atoms with Gasteiger partial charge in [-0.25, -0.2) is 0 Å². The van der Waals surface area contributed by atoms with Crippen molar-refractivity contribution in [2.75, 3.05) is 0 Å². The Morgan fingerprint density at radius 1 is 1.03 bits per heavy atom. The van der Waals surface area contributed by atoms with Gasteiger partial charge < -0.3 is 0 Å². The summed E-state index contributed by atoms with van der Waals surface area (Å²) in [6.45, 7) is 18.4. The van der Waals surface area contributed by atoms with Gasteiger partial charge in [0.1, 0.15) is 5.78 Å². The topological polar surface area (TPSA) is 34.1 Å². The number of hydrogen-bond acceptors (Lipinski definition) is 2. The first-order valence-electron chi connectivity index (χ1n) is 13.2. The van der Waals surface area contributed by atoms with Crippen LogP contribution in [0.25, 0.3) is 0 Å². The highest BCUT2D eigenvalue weighted by Crippen LogP contribution is 2.71. The van der Waals surface area contributed by atoms with Crippen molar-refractivity contribution in [1.29, 1.82) is 0 Å². The van der Waals surface area contributed by atoms with Gasteiger partial charge in [-0.2, -0.15) is 0 Å². The number of allylic oxidation sites excluding steroid dienone is 4.